The van der Waals surface area contributed by atoms with E-state index in [1.807, 2.05) is 0 Å². The van der Waals surface area contributed by atoms with Crippen molar-refractivity contribution in [2.45, 2.75) is 6.61 Å². The summed E-state index contributed by atoms with van der Waals surface area (Å²) in [6.45, 7) is -0.0301. The molecule has 0 bridgehead atoms. The van der Waals surface area contributed by atoms with Crippen molar-refractivity contribution in [2.24, 2.45) is 0 Å². The number of carbonyl (C=O) groups is 3. The number of para-hydroxylation sites is 2. The minimum absolute atomic E-state index is 0.0301. The topological polar surface area (TPSA) is 119 Å². The lowest BCUT2D eigenvalue weighted by molar-refractivity contribution is -0.384. The minimum Gasteiger partial charge on any atom is -0.497 e. The molecule has 41 heavy (non-hydrogen) atoms. The first-order valence-electron chi connectivity index (χ1n) is 12.5. The van der Waals surface area contributed by atoms with Crippen LogP contribution in [0.15, 0.2) is 109 Å². The van der Waals surface area contributed by atoms with Gasteiger partial charge in [-0.25, -0.2) is 14.6 Å². The van der Waals surface area contributed by atoms with E-state index in [1.54, 1.807) is 91.0 Å². The molecule has 0 radical (unpaired) electrons. The molecule has 4 aromatic carbocycles. The molecule has 0 unspecified atom stereocenters. The molecule has 10 nitrogen and oxygen atoms in total. The van der Waals surface area contributed by atoms with Crippen molar-refractivity contribution in [1.29, 1.82) is 0 Å². The second kappa shape index (κ2) is 11.5. The Morgan fingerprint density at radius 1 is 0.780 bits per heavy atom. The predicted octanol–water partition coefficient (Wildman–Crippen LogP) is 5.77. The van der Waals surface area contributed by atoms with Gasteiger partial charge in [-0.1, -0.05) is 48.5 Å². The van der Waals surface area contributed by atoms with E-state index < -0.39 is 22.8 Å². The Bertz CT molecular complexity index is 1610. The van der Waals surface area contributed by atoms with Crippen LogP contribution in [0.3, 0.4) is 0 Å². The molecule has 4 amide bonds. The molecule has 0 atom stereocenters. The van der Waals surface area contributed by atoms with Gasteiger partial charge in [0.25, 0.3) is 17.5 Å². The lowest BCUT2D eigenvalue weighted by Crippen LogP contribution is -2.57. The summed E-state index contributed by atoms with van der Waals surface area (Å²) >= 11 is 0. The molecule has 1 fully saturated rings. The quantitative estimate of drug-likeness (QED) is 0.119. The Balaban J connectivity index is 1.57. The molecule has 0 aliphatic carbocycles. The molecular weight excluding hydrogens is 526 g/mol. The van der Waals surface area contributed by atoms with Gasteiger partial charge in [-0.15, -0.1) is 0 Å². The highest BCUT2D eigenvalue weighted by Crippen LogP contribution is 2.33. The third kappa shape index (κ3) is 5.52. The Morgan fingerprint density at radius 3 is 1.95 bits per heavy atom. The number of benzene rings is 4. The lowest BCUT2D eigenvalue weighted by atomic mass is 10.0. The lowest BCUT2D eigenvalue weighted by Gasteiger charge is -2.34. The fourth-order valence-electron chi connectivity index (χ4n) is 4.30. The number of nitrogens with zero attached hydrogens (tertiary/aromatic N) is 3. The van der Waals surface area contributed by atoms with E-state index in [0.29, 0.717) is 28.3 Å². The van der Waals surface area contributed by atoms with Crippen molar-refractivity contribution < 1.29 is 28.8 Å². The number of carbonyl (C=O) groups excluding carboxylic acids is 3. The fraction of sp³-hybridized carbons (Fsp3) is 0.0645. The third-order valence-electron chi connectivity index (χ3n) is 6.31. The zero-order valence-corrected chi connectivity index (χ0v) is 21.8. The number of barbiturate groups is 1. The number of imide groups is 2. The summed E-state index contributed by atoms with van der Waals surface area (Å²) in [4.78, 5) is 53.5. The smallest absolute Gasteiger partial charge is 0.343 e. The first-order chi connectivity index (χ1) is 19.9. The Morgan fingerprint density at radius 2 is 1.39 bits per heavy atom. The molecule has 0 saturated carbocycles. The molecule has 4 aromatic rings. The monoisotopic (exact) mass is 549 g/mol. The van der Waals surface area contributed by atoms with Gasteiger partial charge < -0.3 is 9.47 Å². The second-order valence-electron chi connectivity index (χ2n) is 8.91. The molecule has 10 heteroatoms. The highest BCUT2D eigenvalue weighted by molar-refractivity contribution is 6.46. The van der Waals surface area contributed by atoms with E-state index in [-0.39, 0.29) is 23.6 Å². The number of methoxy groups -OCH3 is 1. The van der Waals surface area contributed by atoms with Crippen LogP contribution < -0.4 is 19.3 Å². The summed E-state index contributed by atoms with van der Waals surface area (Å²) in [5.41, 5.74) is 1.18. The molecule has 1 aliphatic rings. The highest BCUT2D eigenvalue weighted by Gasteiger charge is 2.43. The second-order valence-corrected chi connectivity index (χ2v) is 8.91. The number of anilines is 2. The number of rotatable bonds is 8. The van der Waals surface area contributed by atoms with Crippen LogP contribution in [0.25, 0.3) is 6.08 Å². The average Bonchev–Trinajstić information content (AvgIpc) is 3.00. The number of hydrogen-bond acceptors (Lipinski definition) is 7. The third-order valence-corrected chi connectivity index (χ3v) is 6.31. The molecule has 1 aliphatic heterocycles. The molecule has 0 N–H and O–H groups in total. The van der Waals surface area contributed by atoms with Gasteiger partial charge in [-0.3, -0.25) is 19.7 Å². The maximum atomic E-state index is 13.7. The van der Waals surface area contributed by atoms with Gasteiger partial charge >= 0.3 is 6.03 Å². The number of ether oxygens (including phenoxy) is 2. The van der Waals surface area contributed by atoms with Crippen molar-refractivity contribution in [3.05, 3.63) is 130 Å². The van der Waals surface area contributed by atoms with E-state index in [0.717, 1.165) is 9.80 Å². The van der Waals surface area contributed by atoms with Crippen LogP contribution in [0.5, 0.6) is 11.5 Å². The maximum Gasteiger partial charge on any atom is 0.343 e. The van der Waals surface area contributed by atoms with Crippen molar-refractivity contribution in [2.75, 3.05) is 16.9 Å². The predicted molar refractivity (Wildman–Crippen MR) is 152 cm³/mol. The van der Waals surface area contributed by atoms with Crippen molar-refractivity contribution in [3.8, 4) is 11.5 Å². The summed E-state index contributed by atoms with van der Waals surface area (Å²) in [5.74, 6) is -0.870. The van der Waals surface area contributed by atoms with Gasteiger partial charge in [0.05, 0.1) is 23.4 Å². The first kappa shape index (κ1) is 26.8. The van der Waals surface area contributed by atoms with Crippen LogP contribution in [0.1, 0.15) is 11.1 Å². The molecular formula is C31H23N3O7. The number of hydrogen-bond donors (Lipinski definition) is 0. The van der Waals surface area contributed by atoms with Crippen molar-refractivity contribution in [3.63, 3.8) is 0 Å². The Labute approximate surface area is 234 Å². The summed E-state index contributed by atoms with van der Waals surface area (Å²) in [5, 5.41) is 11.2. The van der Waals surface area contributed by atoms with Crippen LogP contribution in [0, 0.1) is 10.1 Å². The summed E-state index contributed by atoms with van der Waals surface area (Å²) in [6, 6.07) is 26.7. The van der Waals surface area contributed by atoms with E-state index in [4.69, 9.17) is 9.47 Å². The molecule has 1 saturated heterocycles. The summed E-state index contributed by atoms with van der Waals surface area (Å²) < 4.78 is 11.3. The Kier molecular flexibility index (Phi) is 7.55. The normalized spacial score (nSPS) is 13.3. The Hall–Kier alpha value is -5.77. The number of amides is 4. The number of nitro benzene ring substituents is 1. The molecule has 0 spiro atoms. The van der Waals surface area contributed by atoms with Crippen LogP contribution in [-0.2, 0) is 16.2 Å². The molecule has 0 aromatic heterocycles. The highest BCUT2D eigenvalue weighted by atomic mass is 16.6. The van der Waals surface area contributed by atoms with Crippen molar-refractivity contribution >= 4 is 41.0 Å². The van der Waals surface area contributed by atoms with E-state index in [9.17, 15) is 24.5 Å². The number of nitro groups is 1. The molecule has 204 valence electrons. The maximum absolute atomic E-state index is 13.7. The zero-order valence-electron chi connectivity index (χ0n) is 21.8. The molecule has 5 rings (SSSR count). The molecule has 1 heterocycles. The SMILES string of the molecule is COc1ccc(C=C2C(=O)N(c3ccccc3)C(=O)N(c3ccccc3)C2=O)c(OCc2cccc([N+](=O)[O-])c2)c1. The van der Waals surface area contributed by atoms with Crippen LogP contribution >= 0.6 is 0 Å². The number of non-ortho nitro benzene ring substituents is 1. The minimum atomic E-state index is -0.800. The van der Waals surface area contributed by atoms with Gasteiger partial charge in [0, 0.05) is 23.8 Å². The number of urea groups is 1. The fourth-order valence-corrected chi connectivity index (χ4v) is 4.30. The van der Waals surface area contributed by atoms with E-state index >= 15 is 0 Å². The first-order valence-corrected chi connectivity index (χ1v) is 12.5. The van der Waals surface area contributed by atoms with E-state index in [1.165, 1.54) is 25.3 Å². The summed E-state index contributed by atoms with van der Waals surface area (Å²) in [6.07, 6.45) is 1.37. The van der Waals surface area contributed by atoms with Crippen LogP contribution in [-0.4, -0.2) is 29.9 Å². The summed E-state index contributed by atoms with van der Waals surface area (Å²) in [7, 11) is 1.48. The average molecular weight is 550 g/mol. The van der Waals surface area contributed by atoms with E-state index in [2.05, 4.69) is 0 Å². The van der Waals surface area contributed by atoms with Gasteiger partial charge in [0.2, 0.25) is 0 Å². The van der Waals surface area contributed by atoms with Crippen molar-refractivity contribution in [1.82, 2.24) is 0 Å². The van der Waals surface area contributed by atoms with Gasteiger partial charge in [-0.05, 0) is 48.0 Å². The zero-order chi connectivity index (χ0) is 28.9. The largest absolute Gasteiger partial charge is 0.497 e. The van der Waals surface area contributed by atoms with Crippen LogP contribution in [0.2, 0.25) is 0 Å². The van der Waals surface area contributed by atoms with Gasteiger partial charge in [0.1, 0.15) is 23.7 Å². The standard InChI is InChI=1S/C31H23N3O7/c1-40-26-16-15-22(28(19-26)41-20-21-9-8-14-25(17-21)34(38)39)18-27-29(35)32(23-10-4-2-5-11-23)31(37)33(30(27)36)24-12-6-3-7-13-24/h2-19H,20H2,1H3. The van der Waals surface area contributed by atoms with Crippen LogP contribution in [0.4, 0.5) is 21.9 Å². The van der Waals surface area contributed by atoms with Gasteiger partial charge in [0.15, 0.2) is 0 Å². The van der Waals surface area contributed by atoms with Gasteiger partial charge in [-0.2, -0.15) is 0 Å².